The zero-order chi connectivity index (χ0) is 14.8. The molecule has 110 valence electrons. The minimum Gasteiger partial charge on any atom is -0.478 e. The lowest BCUT2D eigenvalue weighted by Crippen LogP contribution is -2.47. The molecule has 6 nitrogen and oxygen atoms in total. The number of hydrogen-bond acceptors (Lipinski definition) is 5. The maximum absolute atomic E-state index is 11.3. The van der Waals surface area contributed by atoms with Gasteiger partial charge < -0.3 is 15.4 Å². The van der Waals surface area contributed by atoms with E-state index in [9.17, 15) is 9.90 Å². The summed E-state index contributed by atoms with van der Waals surface area (Å²) in [6.07, 6.45) is 1.42. The van der Waals surface area contributed by atoms with E-state index in [1.807, 2.05) is 24.3 Å². The second-order valence-corrected chi connectivity index (χ2v) is 5.27. The third-order valence-electron chi connectivity index (χ3n) is 3.79. The first-order chi connectivity index (χ1) is 10.1. The largest absolute Gasteiger partial charge is 0.478 e. The van der Waals surface area contributed by atoms with Crippen molar-refractivity contribution in [3.05, 3.63) is 36.0 Å². The number of aromatic nitrogens is 1. The van der Waals surface area contributed by atoms with E-state index in [1.54, 1.807) is 0 Å². The Morgan fingerprint density at radius 3 is 2.52 bits per heavy atom. The summed E-state index contributed by atoms with van der Waals surface area (Å²) in [5.74, 6) is -0.245. The Morgan fingerprint density at radius 1 is 1.19 bits per heavy atom. The Hall–Kier alpha value is -2.18. The third-order valence-corrected chi connectivity index (χ3v) is 3.79. The van der Waals surface area contributed by atoms with Crippen LogP contribution in [0.25, 0.3) is 10.8 Å². The molecule has 1 aromatic heterocycles. The van der Waals surface area contributed by atoms with E-state index >= 15 is 0 Å². The van der Waals surface area contributed by atoms with Gasteiger partial charge in [0.2, 0.25) is 0 Å². The number of rotatable bonds is 3. The second kappa shape index (κ2) is 5.67. The van der Waals surface area contributed by atoms with Gasteiger partial charge in [-0.25, -0.2) is 14.8 Å². The molecule has 1 saturated heterocycles. The SMILES string of the molecule is CN1CCN(Nc2ncc(C(=O)O)c3ccccc23)CC1. The van der Waals surface area contributed by atoms with E-state index in [2.05, 4.69) is 27.4 Å². The number of nitrogens with zero attached hydrogens (tertiary/aromatic N) is 3. The van der Waals surface area contributed by atoms with E-state index in [-0.39, 0.29) is 5.56 Å². The highest BCUT2D eigenvalue weighted by atomic mass is 16.4. The van der Waals surface area contributed by atoms with E-state index in [0.717, 1.165) is 31.6 Å². The summed E-state index contributed by atoms with van der Waals surface area (Å²) in [6.45, 7) is 3.82. The lowest BCUT2D eigenvalue weighted by atomic mass is 10.1. The summed E-state index contributed by atoms with van der Waals surface area (Å²) < 4.78 is 0. The lowest BCUT2D eigenvalue weighted by molar-refractivity contribution is 0.0698. The zero-order valence-electron chi connectivity index (χ0n) is 11.9. The fraction of sp³-hybridized carbons (Fsp3) is 0.333. The smallest absolute Gasteiger partial charge is 0.337 e. The number of benzene rings is 1. The molecule has 0 aliphatic carbocycles. The summed E-state index contributed by atoms with van der Waals surface area (Å²) in [5, 5.41) is 12.9. The zero-order valence-corrected chi connectivity index (χ0v) is 11.9. The maximum atomic E-state index is 11.3. The van der Waals surface area contributed by atoms with Crippen molar-refractivity contribution in [2.75, 3.05) is 38.7 Å². The van der Waals surface area contributed by atoms with Crippen LogP contribution < -0.4 is 5.43 Å². The van der Waals surface area contributed by atoms with Gasteiger partial charge in [0.25, 0.3) is 0 Å². The summed E-state index contributed by atoms with van der Waals surface area (Å²) in [6, 6.07) is 7.45. The van der Waals surface area contributed by atoms with Crippen molar-refractivity contribution < 1.29 is 9.90 Å². The summed E-state index contributed by atoms with van der Waals surface area (Å²) in [7, 11) is 2.10. The molecule has 0 atom stereocenters. The molecule has 21 heavy (non-hydrogen) atoms. The normalized spacial score (nSPS) is 17.0. The summed E-state index contributed by atoms with van der Waals surface area (Å²) >= 11 is 0. The van der Waals surface area contributed by atoms with Gasteiger partial charge in [-0.1, -0.05) is 24.3 Å². The maximum Gasteiger partial charge on any atom is 0.337 e. The van der Waals surface area contributed by atoms with Crippen molar-refractivity contribution in [1.29, 1.82) is 0 Å². The van der Waals surface area contributed by atoms with Gasteiger partial charge >= 0.3 is 5.97 Å². The number of nitrogens with one attached hydrogen (secondary N) is 1. The number of carboxylic acids is 1. The van der Waals surface area contributed by atoms with Crippen molar-refractivity contribution in [3.63, 3.8) is 0 Å². The lowest BCUT2D eigenvalue weighted by Gasteiger charge is -2.33. The molecule has 0 saturated carbocycles. The Labute approximate surface area is 123 Å². The standard InChI is InChI=1S/C15H18N4O2/c1-18-6-8-19(9-7-18)17-14-12-5-3-2-4-11(12)13(10-16-14)15(20)21/h2-5,10H,6-9H2,1H3,(H,16,17)(H,20,21). The van der Waals surface area contributed by atoms with Crippen LogP contribution in [0.2, 0.25) is 0 Å². The van der Waals surface area contributed by atoms with Gasteiger partial charge in [-0.3, -0.25) is 0 Å². The molecule has 1 aromatic carbocycles. The molecule has 0 unspecified atom stereocenters. The topological polar surface area (TPSA) is 68.7 Å². The molecule has 0 spiro atoms. The van der Waals surface area contributed by atoms with E-state index < -0.39 is 5.97 Å². The van der Waals surface area contributed by atoms with Crippen LogP contribution in [0, 0.1) is 0 Å². The number of pyridine rings is 1. The molecule has 1 aliphatic heterocycles. The van der Waals surface area contributed by atoms with Crippen LogP contribution in [-0.2, 0) is 0 Å². The average molecular weight is 286 g/mol. The number of carboxylic acid groups (broad SMARTS) is 1. The first kappa shape index (κ1) is 13.8. The van der Waals surface area contributed by atoms with Gasteiger partial charge in [0.15, 0.2) is 0 Å². The highest BCUT2D eigenvalue weighted by molar-refractivity contribution is 6.06. The first-order valence-corrected chi connectivity index (χ1v) is 6.96. The molecule has 2 aromatic rings. The molecule has 6 heteroatoms. The molecular weight excluding hydrogens is 268 g/mol. The molecule has 0 bridgehead atoms. The van der Waals surface area contributed by atoms with Crippen LogP contribution in [0.15, 0.2) is 30.5 Å². The first-order valence-electron chi connectivity index (χ1n) is 6.96. The van der Waals surface area contributed by atoms with Gasteiger partial charge in [0.05, 0.1) is 5.56 Å². The van der Waals surface area contributed by atoms with E-state index in [1.165, 1.54) is 6.20 Å². The van der Waals surface area contributed by atoms with Crippen LogP contribution in [-0.4, -0.2) is 59.2 Å². The number of likely N-dealkylation sites (N-methyl/N-ethyl adjacent to an activating group) is 1. The molecule has 1 fully saturated rings. The monoisotopic (exact) mass is 286 g/mol. The minimum absolute atomic E-state index is 0.231. The highest BCUT2D eigenvalue weighted by Crippen LogP contribution is 2.25. The van der Waals surface area contributed by atoms with Gasteiger partial charge in [0, 0.05) is 43.1 Å². The van der Waals surface area contributed by atoms with Crippen LogP contribution in [0.1, 0.15) is 10.4 Å². The highest BCUT2D eigenvalue weighted by Gasteiger charge is 2.17. The van der Waals surface area contributed by atoms with Crippen molar-refractivity contribution in [2.24, 2.45) is 0 Å². The number of carbonyl (C=O) groups is 1. The molecule has 2 N–H and O–H groups in total. The van der Waals surface area contributed by atoms with Gasteiger partial charge in [-0.15, -0.1) is 0 Å². The number of fused-ring (bicyclic) bond motifs is 1. The fourth-order valence-corrected chi connectivity index (χ4v) is 2.52. The quantitative estimate of drug-likeness (QED) is 0.891. The Balaban J connectivity index is 1.93. The van der Waals surface area contributed by atoms with Crippen LogP contribution in [0.5, 0.6) is 0 Å². The van der Waals surface area contributed by atoms with Crippen LogP contribution in [0.3, 0.4) is 0 Å². The fourth-order valence-electron chi connectivity index (χ4n) is 2.52. The molecule has 3 rings (SSSR count). The third kappa shape index (κ3) is 2.81. The Bertz CT molecular complexity index is 666. The number of piperazine rings is 1. The number of hydrogen-bond donors (Lipinski definition) is 2. The Kier molecular flexibility index (Phi) is 3.72. The summed E-state index contributed by atoms with van der Waals surface area (Å²) in [4.78, 5) is 17.8. The second-order valence-electron chi connectivity index (χ2n) is 5.27. The minimum atomic E-state index is -0.954. The van der Waals surface area contributed by atoms with Gasteiger partial charge in [0.1, 0.15) is 5.82 Å². The van der Waals surface area contributed by atoms with Crippen LogP contribution >= 0.6 is 0 Å². The molecule has 2 heterocycles. The molecule has 0 radical (unpaired) electrons. The van der Waals surface area contributed by atoms with Crippen LogP contribution in [0.4, 0.5) is 5.82 Å². The van der Waals surface area contributed by atoms with Crippen molar-refractivity contribution in [3.8, 4) is 0 Å². The van der Waals surface area contributed by atoms with Crippen molar-refractivity contribution in [2.45, 2.75) is 0 Å². The van der Waals surface area contributed by atoms with Crippen molar-refractivity contribution >= 4 is 22.6 Å². The molecule has 0 amide bonds. The molecular formula is C15H18N4O2. The predicted octanol–water partition coefficient (Wildman–Crippen LogP) is 1.51. The number of anilines is 1. The van der Waals surface area contributed by atoms with Gasteiger partial charge in [-0.2, -0.15) is 0 Å². The number of hydrazine groups is 1. The molecule has 1 aliphatic rings. The predicted molar refractivity (Wildman–Crippen MR) is 81.4 cm³/mol. The van der Waals surface area contributed by atoms with E-state index in [4.69, 9.17) is 0 Å². The average Bonchev–Trinajstić information content (AvgIpc) is 2.49. The number of aromatic carboxylic acids is 1. The van der Waals surface area contributed by atoms with Gasteiger partial charge in [-0.05, 0) is 7.05 Å². The summed E-state index contributed by atoms with van der Waals surface area (Å²) in [5.41, 5.74) is 3.54. The van der Waals surface area contributed by atoms with Crippen molar-refractivity contribution in [1.82, 2.24) is 14.9 Å². The van der Waals surface area contributed by atoms with E-state index in [0.29, 0.717) is 11.2 Å². The Morgan fingerprint density at radius 2 is 1.86 bits per heavy atom.